The summed E-state index contributed by atoms with van der Waals surface area (Å²) in [5, 5.41) is 4.09. The van der Waals surface area contributed by atoms with Gasteiger partial charge < -0.3 is 4.52 Å². The van der Waals surface area contributed by atoms with Crippen LogP contribution in [0, 0.1) is 5.82 Å². The topological polar surface area (TPSA) is 76.3 Å². The maximum atomic E-state index is 13.5. The monoisotopic (exact) mass is 429 g/mol. The molecule has 0 unspecified atom stereocenters. The highest BCUT2D eigenvalue weighted by atomic mass is 32.2. The number of rotatable bonds is 5. The highest BCUT2D eigenvalue weighted by Gasteiger charge is 2.33. The number of piperidine rings is 1. The van der Waals surface area contributed by atoms with Gasteiger partial charge in [-0.1, -0.05) is 49.3 Å². The Morgan fingerprint density at radius 1 is 1.17 bits per heavy atom. The fraction of sp³-hybridized carbons (Fsp3) is 0.364. The fourth-order valence-electron chi connectivity index (χ4n) is 3.67. The third-order valence-corrected chi connectivity index (χ3v) is 7.31. The summed E-state index contributed by atoms with van der Waals surface area (Å²) >= 11 is 0. The minimum Gasteiger partial charge on any atom is -0.339 e. The SMILES string of the molecule is CC(C)c1ccc(-c2noc([C@H]3CCCN(S(=O)(=O)c4cccc(F)c4)C3)n2)cc1. The first-order valence-electron chi connectivity index (χ1n) is 10.0. The van der Waals surface area contributed by atoms with Crippen molar-refractivity contribution in [2.24, 2.45) is 0 Å². The summed E-state index contributed by atoms with van der Waals surface area (Å²) in [7, 11) is -3.78. The second-order valence-electron chi connectivity index (χ2n) is 7.89. The van der Waals surface area contributed by atoms with Crippen LogP contribution in [-0.2, 0) is 10.0 Å². The van der Waals surface area contributed by atoms with Crippen LogP contribution in [0.25, 0.3) is 11.4 Å². The van der Waals surface area contributed by atoms with Crippen LogP contribution >= 0.6 is 0 Å². The van der Waals surface area contributed by atoms with Gasteiger partial charge in [0.25, 0.3) is 0 Å². The van der Waals surface area contributed by atoms with Crippen molar-refractivity contribution in [2.75, 3.05) is 13.1 Å². The Balaban J connectivity index is 1.53. The summed E-state index contributed by atoms with van der Waals surface area (Å²) in [6.45, 7) is 4.88. The Labute approximate surface area is 175 Å². The Morgan fingerprint density at radius 3 is 2.63 bits per heavy atom. The Hall–Kier alpha value is -2.58. The minimum absolute atomic E-state index is 0.0420. The van der Waals surface area contributed by atoms with Crippen LogP contribution in [0.2, 0.25) is 0 Å². The molecule has 0 aliphatic carbocycles. The van der Waals surface area contributed by atoms with Crippen molar-refractivity contribution in [3.8, 4) is 11.4 Å². The van der Waals surface area contributed by atoms with Crippen LogP contribution in [0.5, 0.6) is 0 Å². The second-order valence-corrected chi connectivity index (χ2v) is 9.83. The van der Waals surface area contributed by atoms with E-state index in [9.17, 15) is 12.8 Å². The van der Waals surface area contributed by atoms with Crippen molar-refractivity contribution < 1.29 is 17.3 Å². The van der Waals surface area contributed by atoms with Crippen molar-refractivity contribution in [3.63, 3.8) is 0 Å². The fourth-order valence-corrected chi connectivity index (χ4v) is 5.23. The van der Waals surface area contributed by atoms with Crippen molar-refractivity contribution in [1.29, 1.82) is 0 Å². The molecule has 158 valence electrons. The van der Waals surface area contributed by atoms with Crippen LogP contribution < -0.4 is 0 Å². The van der Waals surface area contributed by atoms with E-state index in [0.29, 0.717) is 30.6 Å². The van der Waals surface area contributed by atoms with E-state index in [1.807, 2.05) is 24.3 Å². The molecule has 8 heteroatoms. The van der Waals surface area contributed by atoms with E-state index >= 15 is 0 Å². The molecule has 0 N–H and O–H groups in total. The van der Waals surface area contributed by atoms with Crippen LogP contribution in [0.3, 0.4) is 0 Å². The summed E-state index contributed by atoms with van der Waals surface area (Å²) in [4.78, 5) is 4.48. The highest BCUT2D eigenvalue weighted by molar-refractivity contribution is 7.89. The normalized spacial score (nSPS) is 18.1. The first-order valence-corrected chi connectivity index (χ1v) is 11.5. The lowest BCUT2D eigenvalue weighted by molar-refractivity contribution is 0.265. The standard InChI is InChI=1S/C22H24FN3O3S/c1-15(2)16-8-10-17(11-9-16)21-24-22(29-25-21)18-5-4-12-26(14-18)30(27,28)20-7-3-6-19(23)13-20/h3,6-11,13,15,18H,4-5,12,14H2,1-2H3/t18-/m0/s1. The molecule has 2 heterocycles. The lowest BCUT2D eigenvalue weighted by Crippen LogP contribution is -2.39. The zero-order valence-electron chi connectivity index (χ0n) is 17.0. The number of aromatic nitrogens is 2. The molecule has 6 nitrogen and oxygen atoms in total. The highest BCUT2D eigenvalue weighted by Crippen LogP contribution is 2.31. The Kier molecular flexibility index (Phi) is 5.71. The Morgan fingerprint density at radius 2 is 1.93 bits per heavy atom. The van der Waals surface area contributed by atoms with Crippen molar-refractivity contribution in [3.05, 3.63) is 65.8 Å². The lowest BCUT2D eigenvalue weighted by atomic mass is 9.99. The number of halogens is 1. The molecule has 0 saturated carbocycles. The van der Waals surface area contributed by atoms with Crippen LogP contribution in [-0.4, -0.2) is 36.0 Å². The van der Waals surface area contributed by atoms with Crippen LogP contribution in [0.15, 0.2) is 57.9 Å². The van der Waals surface area contributed by atoms with Gasteiger partial charge >= 0.3 is 0 Å². The molecular weight excluding hydrogens is 405 g/mol. The number of hydrogen-bond acceptors (Lipinski definition) is 5. The summed E-state index contributed by atoms with van der Waals surface area (Å²) in [6, 6.07) is 13.1. The van der Waals surface area contributed by atoms with Gasteiger partial charge in [0, 0.05) is 18.7 Å². The van der Waals surface area contributed by atoms with Gasteiger partial charge in [-0.25, -0.2) is 12.8 Å². The van der Waals surface area contributed by atoms with Crippen molar-refractivity contribution in [2.45, 2.75) is 43.4 Å². The van der Waals surface area contributed by atoms with E-state index in [-0.39, 0.29) is 17.4 Å². The average molecular weight is 430 g/mol. The number of hydrogen-bond donors (Lipinski definition) is 0. The van der Waals surface area contributed by atoms with E-state index in [4.69, 9.17) is 4.52 Å². The van der Waals surface area contributed by atoms with Gasteiger partial charge in [-0.05, 0) is 42.5 Å². The molecular formula is C22H24FN3O3S. The maximum Gasteiger partial charge on any atom is 0.243 e. The molecule has 1 aliphatic rings. The summed E-state index contributed by atoms with van der Waals surface area (Å²) < 4.78 is 46.2. The van der Waals surface area contributed by atoms with Crippen molar-refractivity contribution >= 4 is 10.0 Å². The van der Waals surface area contributed by atoms with Gasteiger partial charge in [0.2, 0.25) is 21.7 Å². The molecule has 3 aromatic rings. The molecule has 1 aliphatic heterocycles. The molecule has 2 aromatic carbocycles. The molecule has 1 saturated heterocycles. The summed E-state index contributed by atoms with van der Waals surface area (Å²) in [5.41, 5.74) is 2.09. The number of benzene rings is 2. The van der Waals surface area contributed by atoms with Crippen molar-refractivity contribution in [1.82, 2.24) is 14.4 Å². The predicted octanol–water partition coefficient (Wildman–Crippen LogP) is 4.57. The third-order valence-electron chi connectivity index (χ3n) is 5.44. The van der Waals surface area contributed by atoms with E-state index in [2.05, 4.69) is 24.0 Å². The second kappa shape index (κ2) is 8.28. The zero-order chi connectivity index (χ0) is 21.3. The first kappa shape index (κ1) is 20.7. The van der Waals surface area contributed by atoms with Gasteiger partial charge in [-0.3, -0.25) is 0 Å². The van der Waals surface area contributed by atoms with Gasteiger partial charge in [0.1, 0.15) is 5.82 Å². The maximum absolute atomic E-state index is 13.5. The first-order chi connectivity index (χ1) is 14.3. The summed E-state index contributed by atoms with van der Waals surface area (Å²) in [5.74, 6) is 0.587. The number of nitrogens with zero attached hydrogens (tertiary/aromatic N) is 3. The largest absolute Gasteiger partial charge is 0.339 e. The average Bonchev–Trinajstić information content (AvgIpc) is 3.24. The third kappa shape index (κ3) is 4.15. The summed E-state index contributed by atoms with van der Waals surface area (Å²) in [6.07, 6.45) is 1.42. The molecule has 1 aromatic heterocycles. The van der Waals surface area contributed by atoms with Gasteiger partial charge in [-0.2, -0.15) is 9.29 Å². The quantitative estimate of drug-likeness (QED) is 0.594. The molecule has 1 fully saturated rings. The number of sulfonamides is 1. The molecule has 1 atom stereocenters. The minimum atomic E-state index is -3.78. The van der Waals surface area contributed by atoms with E-state index in [0.717, 1.165) is 18.1 Å². The Bertz CT molecular complexity index is 1130. The lowest BCUT2D eigenvalue weighted by Gasteiger charge is -2.30. The van der Waals surface area contributed by atoms with Crippen LogP contribution in [0.1, 0.15) is 50.0 Å². The predicted molar refractivity (Wildman–Crippen MR) is 111 cm³/mol. The molecule has 0 bridgehead atoms. The smallest absolute Gasteiger partial charge is 0.243 e. The van der Waals surface area contributed by atoms with Gasteiger partial charge in [0.15, 0.2) is 0 Å². The van der Waals surface area contributed by atoms with Crippen LogP contribution in [0.4, 0.5) is 4.39 Å². The molecule has 4 rings (SSSR count). The van der Waals surface area contributed by atoms with E-state index in [1.165, 1.54) is 28.1 Å². The van der Waals surface area contributed by atoms with E-state index < -0.39 is 15.8 Å². The van der Waals surface area contributed by atoms with E-state index in [1.54, 1.807) is 0 Å². The zero-order valence-corrected chi connectivity index (χ0v) is 17.8. The molecule has 0 spiro atoms. The van der Waals surface area contributed by atoms with Gasteiger partial charge in [0.05, 0.1) is 10.8 Å². The molecule has 0 radical (unpaired) electrons. The molecule has 0 amide bonds. The van der Waals surface area contributed by atoms with Gasteiger partial charge in [-0.15, -0.1) is 0 Å². The molecule has 30 heavy (non-hydrogen) atoms.